The molecule has 0 saturated carbocycles. The van der Waals surface area contributed by atoms with Crippen LogP contribution < -0.4 is 5.32 Å². The Kier molecular flexibility index (Phi) is 5.10. The predicted octanol–water partition coefficient (Wildman–Crippen LogP) is 4.10. The number of hydrogen-bond acceptors (Lipinski definition) is 4. The molecule has 0 bridgehead atoms. The van der Waals surface area contributed by atoms with Crippen molar-refractivity contribution in [2.45, 2.75) is 25.6 Å². The average molecular weight is 398 g/mol. The van der Waals surface area contributed by atoms with E-state index in [2.05, 4.69) is 10.3 Å². The fraction of sp³-hybridized carbons (Fsp3) is 0.316. The molecule has 0 unspecified atom stereocenters. The molecular weight excluding hydrogens is 379 g/mol. The van der Waals surface area contributed by atoms with Crippen LogP contribution in [0.15, 0.2) is 58.9 Å². The smallest absolute Gasteiger partial charge is 0.389 e. The Balaban J connectivity index is 2.04. The lowest BCUT2D eigenvalue weighted by Crippen LogP contribution is -2.46. The van der Waals surface area contributed by atoms with Crippen LogP contribution in [0.5, 0.6) is 0 Å². The quantitative estimate of drug-likeness (QED) is 0.807. The molecule has 4 nitrogen and oxygen atoms in total. The van der Waals surface area contributed by atoms with E-state index >= 15 is 0 Å². The molecule has 2 aliphatic heterocycles. The summed E-state index contributed by atoms with van der Waals surface area (Å²) >= 11 is 6.26. The van der Waals surface area contributed by atoms with Gasteiger partial charge in [0, 0.05) is 28.9 Å². The normalized spacial score (nSPS) is 17.5. The van der Waals surface area contributed by atoms with Gasteiger partial charge in [0.15, 0.2) is 0 Å². The third-order valence-electron chi connectivity index (χ3n) is 4.08. The van der Waals surface area contributed by atoms with Crippen molar-refractivity contribution in [3.63, 3.8) is 0 Å². The van der Waals surface area contributed by atoms with E-state index in [0.717, 1.165) is 12.2 Å². The van der Waals surface area contributed by atoms with E-state index < -0.39 is 17.4 Å². The van der Waals surface area contributed by atoms with Crippen LogP contribution in [-0.4, -0.2) is 40.8 Å². The van der Waals surface area contributed by atoms with Gasteiger partial charge < -0.3 is 10.4 Å². The molecule has 2 aliphatic rings. The van der Waals surface area contributed by atoms with Crippen LogP contribution in [0.2, 0.25) is 5.02 Å². The zero-order chi connectivity index (χ0) is 19.8. The minimum Gasteiger partial charge on any atom is -0.389 e. The van der Waals surface area contributed by atoms with Crippen molar-refractivity contribution in [1.29, 1.82) is 0 Å². The SMILES string of the molecule is CC(C)(O)CNC1=NCC(c2ccccc2Cl)=C2C=C(C(F)(F)F)C=CN12. The molecule has 0 aliphatic carbocycles. The highest BCUT2D eigenvalue weighted by Crippen LogP contribution is 2.37. The molecular formula is C19H19ClF3N3O. The van der Waals surface area contributed by atoms with Gasteiger partial charge in [-0.2, -0.15) is 13.2 Å². The van der Waals surface area contributed by atoms with Crippen molar-refractivity contribution in [1.82, 2.24) is 10.2 Å². The van der Waals surface area contributed by atoms with E-state index in [0.29, 0.717) is 27.8 Å². The van der Waals surface area contributed by atoms with Crippen molar-refractivity contribution < 1.29 is 18.3 Å². The Morgan fingerprint density at radius 1 is 1.26 bits per heavy atom. The fourth-order valence-electron chi connectivity index (χ4n) is 2.77. The second kappa shape index (κ2) is 7.05. The van der Waals surface area contributed by atoms with Gasteiger partial charge in [-0.05, 0) is 32.1 Å². The summed E-state index contributed by atoms with van der Waals surface area (Å²) in [4.78, 5) is 5.99. The maximum Gasteiger partial charge on any atom is 0.416 e. The van der Waals surface area contributed by atoms with Crippen LogP contribution in [0, 0.1) is 0 Å². The van der Waals surface area contributed by atoms with Crippen LogP contribution in [0.3, 0.4) is 0 Å². The van der Waals surface area contributed by atoms with Crippen molar-refractivity contribution in [3.05, 3.63) is 64.5 Å². The first kappa shape index (κ1) is 19.5. The summed E-state index contributed by atoms with van der Waals surface area (Å²) in [6, 6.07) is 6.98. The number of nitrogens with zero attached hydrogens (tertiary/aromatic N) is 2. The van der Waals surface area contributed by atoms with Crippen molar-refractivity contribution in [2.24, 2.45) is 4.99 Å². The highest BCUT2D eigenvalue weighted by atomic mass is 35.5. The summed E-state index contributed by atoms with van der Waals surface area (Å²) in [5.74, 6) is 0.372. The molecule has 3 rings (SSSR count). The van der Waals surface area contributed by atoms with Crippen LogP contribution >= 0.6 is 11.6 Å². The number of benzene rings is 1. The molecule has 8 heteroatoms. The summed E-state index contributed by atoms with van der Waals surface area (Å²) in [6.45, 7) is 3.62. The van der Waals surface area contributed by atoms with Gasteiger partial charge in [0.2, 0.25) is 5.96 Å². The molecule has 0 atom stereocenters. The standard InChI is InChI=1S/C19H19ClF3N3O/c1-18(2,27)11-25-17-24-10-14(13-5-3-4-6-15(13)20)16-9-12(19(21,22)23)7-8-26(16)17/h3-9,27H,10-11H2,1-2H3,(H,24,25). The van der Waals surface area contributed by atoms with E-state index in [1.54, 1.807) is 43.0 Å². The van der Waals surface area contributed by atoms with Gasteiger partial charge in [-0.3, -0.25) is 4.90 Å². The largest absolute Gasteiger partial charge is 0.416 e. The topological polar surface area (TPSA) is 47.9 Å². The molecule has 2 N–H and O–H groups in total. The number of nitrogens with one attached hydrogen (secondary N) is 1. The summed E-state index contributed by atoms with van der Waals surface area (Å²) in [6.07, 6.45) is -1.04. The van der Waals surface area contributed by atoms with Crippen molar-refractivity contribution >= 4 is 23.1 Å². The number of fused-ring (bicyclic) bond motifs is 1. The van der Waals surface area contributed by atoms with Crippen LogP contribution in [-0.2, 0) is 0 Å². The Morgan fingerprint density at radius 3 is 2.59 bits per heavy atom. The van der Waals surface area contributed by atoms with Crippen molar-refractivity contribution in [2.75, 3.05) is 13.1 Å². The zero-order valence-corrected chi connectivity index (χ0v) is 15.6. The minimum atomic E-state index is -4.46. The Hall–Kier alpha value is -2.25. The number of guanidine groups is 1. The minimum absolute atomic E-state index is 0.166. The molecule has 27 heavy (non-hydrogen) atoms. The number of alkyl halides is 3. The Labute approximate surface area is 160 Å². The van der Waals surface area contributed by atoms with E-state index in [1.807, 2.05) is 0 Å². The van der Waals surface area contributed by atoms with Gasteiger partial charge in [-0.15, -0.1) is 0 Å². The maximum absolute atomic E-state index is 13.2. The van der Waals surface area contributed by atoms with Gasteiger partial charge in [-0.25, -0.2) is 4.99 Å². The molecule has 144 valence electrons. The summed E-state index contributed by atoms with van der Waals surface area (Å²) in [5.41, 5.74) is -0.159. The molecule has 0 amide bonds. The monoisotopic (exact) mass is 397 g/mol. The number of allylic oxidation sites excluding steroid dienone is 3. The second-order valence-corrected chi connectivity index (χ2v) is 7.34. The Bertz CT molecular complexity index is 864. The summed E-state index contributed by atoms with van der Waals surface area (Å²) < 4.78 is 39.7. The molecule has 2 heterocycles. The summed E-state index contributed by atoms with van der Waals surface area (Å²) in [7, 11) is 0. The number of rotatable bonds is 3. The van der Waals surface area contributed by atoms with Gasteiger partial charge in [0.05, 0.1) is 23.4 Å². The van der Waals surface area contributed by atoms with Crippen LogP contribution in [0.1, 0.15) is 19.4 Å². The first-order valence-electron chi connectivity index (χ1n) is 8.31. The molecule has 0 aromatic heterocycles. The highest BCUT2D eigenvalue weighted by Gasteiger charge is 2.36. The van der Waals surface area contributed by atoms with E-state index in [1.165, 1.54) is 6.20 Å². The van der Waals surface area contributed by atoms with Crippen LogP contribution in [0.25, 0.3) is 5.57 Å². The van der Waals surface area contributed by atoms with Gasteiger partial charge in [-0.1, -0.05) is 29.8 Å². The van der Waals surface area contributed by atoms with Gasteiger partial charge >= 0.3 is 6.18 Å². The van der Waals surface area contributed by atoms with Gasteiger partial charge in [0.1, 0.15) is 0 Å². The lowest BCUT2D eigenvalue weighted by atomic mass is 9.98. The lowest BCUT2D eigenvalue weighted by Gasteiger charge is -2.34. The molecule has 0 radical (unpaired) electrons. The predicted molar refractivity (Wildman–Crippen MR) is 100 cm³/mol. The maximum atomic E-state index is 13.2. The average Bonchev–Trinajstić information content (AvgIpc) is 2.58. The third kappa shape index (κ3) is 4.36. The first-order chi connectivity index (χ1) is 12.6. The molecule has 0 spiro atoms. The third-order valence-corrected chi connectivity index (χ3v) is 4.41. The number of hydrogen-bond donors (Lipinski definition) is 2. The van der Waals surface area contributed by atoms with Crippen molar-refractivity contribution in [3.8, 4) is 0 Å². The Morgan fingerprint density at radius 2 is 1.96 bits per heavy atom. The highest BCUT2D eigenvalue weighted by molar-refractivity contribution is 6.32. The van der Waals surface area contributed by atoms with E-state index in [9.17, 15) is 18.3 Å². The molecule has 0 fully saturated rings. The zero-order valence-electron chi connectivity index (χ0n) is 14.8. The number of aliphatic hydroxyl groups is 1. The molecule has 1 aromatic carbocycles. The van der Waals surface area contributed by atoms with E-state index in [4.69, 9.17) is 11.6 Å². The van der Waals surface area contributed by atoms with Gasteiger partial charge in [0.25, 0.3) is 0 Å². The number of aliphatic imine (C=N–C) groups is 1. The molecule has 1 aromatic rings. The fourth-order valence-corrected chi connectivity index (χ4v) is 3.02. The second-order valence-electron chi connectivity index (χ2n) is 6.93. The van der Waals surface area contributed by atoms with Crippen LogP contribution in [0.4, 0.5) is 13.2 Å². The first-order valence-corrected chi connectivity index (χ1v) is 8.69. The molecule has 0 saturated heterocycles. The number of halogens is 4. The van der Waals surface area contributed by atoms with E-state index in [-0.39, 0.29) is 13.1 Å². The summed E-state index contributed by atoms with van der Waals surface area (Å²) in [5, 5.41) is 13.4. The lowest BCUT2D eigenvalue weighted by molar-refractivity contribution is -0.0885.